The highest BCUT2D eigenvalue weighted by Gasteiger charge is 2.30. The lowest BCUT2D eigenvalue weighted by Crippen LogP contribution is -2.35. The van der Waals surface area contributed by atoms with E-state index < -0.39 is 15.9 Å². The number of furan rings is 1. The number of benzene rings is 2. The molecule has 0 aliphatic heterocycles. The van der Waals surface area contributed by atoms with Gasteiger partial charge in [0.1, 0.15) is 11.3 Å². The van der Waals surface area contributed by atoms with Gasteiger partial charge in [0.05, 0.1) is 10.6 Å². The number of aryl methyl sites for hydroxylation is 3. The van der Waals surface area contributed by atoms with E-state index in [-0.39, 0.29) is 4.90 Å². The first-order chi connectivity index (χ1) is 13.3. The Hall–Kier alpha value is -2.31. The van der Waals surface area contributed by atoms with Gasteiger partial charge in [-0.25, -0.2) is 12.7 Å². The van der Waals surface area contributed by atoms with Gasteiger partial charge in [-0.05, 0) is 68.1 Å². The van der Waals surface area contributed by atoms with Gasteiger partial charge in [0, 0.05) is 29.3 Å². The summed E-state index contributed by atoms with van der Waals surface area (Å²) in [4.78, 5) is 12.4. The number of halogens is 1. The predicted octanol–water partition coefficient (Wildman–Crippen LogP) is 5.02. The summed E-state index contributed by atoms with van der Waals surface area (Å²) in [5, 5.41) is 1.35. The summed E-state index contributed by atoms with van der Waals surface area (Å²) < 4.78 is 33.2. The zero-order valence-electron chi connectivity index (χ0n) is 15.7. The summed E-state index contributed by atoms with van der Waals surface area (Å²) in [6.45, 7) is 2.97. The third kappa shape index (κ3) is 3.10. The summed E-state index contributed by atoms with van der Waals surface area (Å²) in [5.74, 6) is 0.383. The van der Waals surface area contributed by atoms with Crippen molar-refractivity contribution in [1.82, 2.24) is 0 Å². The molecule has 0 N–H and O–H groups in total. The number of hydrogen-bond acceptors (Lipinski definition) is 4. The van der Waals surface area contributed by atoms with Crippen molar-refractivity contribution in [1.29, 1.82) is 0 Å². The summed E-state index contributed by atoms with van der Waals surface area (Å²) in [6, 6.07) is 9.51. The van der Waals surface area contributed by atoms with Crippen LogP contribution < -0.4 is 4.31 Å². The zero-order chi connectivity index (χ0) is 20.1. The van der Waals surface area contributed by atoms with Crippen molar-refractivity contribution in [3.8, 4) is 0 Å². The Morgan fingerprint density at radius 1 is 1.11 bits per heavy atom. The Morgan fingerprint density at radius 3 is 2.57 bits per heavy atom. The van der Waals surface area contributed by atoms with Crippen molar-refractivity contribution in [3.63, 3.8) is 0 Å². The number of carbonyl (C=O) groups excluding carboxylic acids is 1. The molecule has 5 nitrogen and oxygen atoms in total. The molecular formula is C21H20ClNO4S. The molecule has 1 heterocycles. The molecule has 0 bridgehead atoms. The van der Waals surface area contributed by atoms with Gasteiger partial charge in [0.25, 0.3) is 10.0 Å². The van der Waals surface area contributed by atoms with Gasteiger partial charge in [0.15, 0.2) is 0 Å². The minimum atomic E-state index is -4.07. The zero-order valence-corrected chi connectivity index (χ0v) is 17.2. The van der Waals surface area contributed by atoms with E-state index in [0.717, 1.165) is 52.3 Å². The number of hydrogen-bond donors (Lipinski definition) is 0. The molecule has 1 aromatic heterocycles. The van der Waals surface area contributed by atoms with Crippen LogP contribution in [-0.2, 0) is 27.7 Å². The van der Waals surface area contributed by atoms with E-state index in [9.17, 15) is 13.2 Å². The number of fused-ring (bicyclic) bond motifs is 3. The van der Waals surface area contributed by atoms with Crippen LogP contribution in [0.2, 0.25) is 5.02 Å². The van der Waals surface area contributed by atoms with E-state index in [1.165, 1.54) is 25.1 Å². The highest BCUT2D eigenvalue weighted by molar-refractivity contribution is 7.93. The van der Waals surface area contributed by atoms with Crippen LogP contribution in [0.3, 0.4) is 0 Å². The maximum Gasteiger partial charge on any atom is 0.270 e. The van der Waals surface area contributed by atoms with Crippen LogP contribution in [-0.4, -0.2) is 14.3 Å². The second-order valence-corrected chi connectivity index (χ2v) is 9.28. The number of rotatable bonds is 3. The summed E-state index contributed by atoms with van der Waals surface area (Å²) >= 11 is 6.02. The fourth-order valence-electron chi connectivity index (χ4n) is 3.75. The van der Waals surface area contributed by atoms with Gasteiger partial charge in [-0.15, -0.1) is 0 Å². The molecule has 0 radical (unpaired) electrons. The Bertz CT molecular complexity index is 1200. The molecule has 0 saturated carbocycles. The average Bonchev–Trinajstić information content (AvgIpc) is 3.01. The number of sulfonamides is 1. The molecule has 146 valence electrons. The molecule has 7 heteroatoms. The van der Waals surface area contributed by atoms with E-state index in [1.807, 2.05) is 0 Å². The Kier molecular flexibility index (Phi) is 4.71. The van der Waals surface area contributed by atoms with E-state index >= 15 is 0 Å². The molecule has 1 amide bonds. The van der Waals surface area contributed by atoms with Crippen LogP contribution in [0.5, 0.6) is 0 Å². The van der Waals surface area contributed by atoms with Gasteiger partial charge in [-0.2, -0.15) is 0 Å². The quantitative estimate of drug-likeness (QED) is 0.600. The smallest absolute Gasteiger partial charge is 0.270 e. The Labute approximate surface area is 168 Å². The van der Waals surface area contributed by atoms with Crippen molar-refractivity contribution in [2.45, 2.75) is 44.4 Å². The molecule has 0 unspecified atom stereocenters. The highest BCUT2D eigenvalue weighted by Crippen LogP contribution is 2.35. The van der Waals surface area contributed by atoms with Crippen molar-refractivity contribution in [2.75, 3.05) is 4.31 Å². The molecule has 2 aromatic carbocycles. The Morgan fingerprint density at radius 2 is 1.86 bits per heavy atom. The van der Waals surface area contributed by atoms with Crippen molar-refractivity contribution in [3.05, 3.63) is 58.3 Å². The maximum atomic E-state index is 13.2. The van der Waals surface area contributed by atoms with Crippen LogP contribution in [0.15, 0.2) is 45.7 Å². The molecule has 1 aliphatic rings. The molecule has 0 saturated heterocycles. The van der Waals surface area contributed by atoms with Gasteiger partial charge in [-0.3, -0.25) is 4.79 Å². The fourth-order valence-corrected chi connectivity index (χ4v) is 5.37. The minimum Gasteiger partial charge on any atom is -0.461 e. The molecule has 3 aromatic rings. The summed E-state index contributed by atoms with van der Waals surface area (Å²) in [5.41, 5.74) is 2.78. The second-order valence-electron chi connectivity index (χ2n) is 7.09. The normalized spacial score (nSPS) is 14.1. The van der Waals surface area contributed by atoms with E-state index in [1.54, 1.807) is 25.1 Å². The van der Waals surface area contributed by atoms with Crippen LogP contribution in [0.1, 0.15) is 36.7 Å². The van der Waals surface area contributed by atoms with Gasteiger partial charge in [-0.1, -0.05) is 11.6 Å². The first-order valence-electron chi connectivity index (χ1n) is 9.15. The molecule has 28 heavy (non-hydrogen) atoms. The third-order valence-electron chi connectivity index (χ3n) is 5.13. The fraction of sp³-hybridized carbons (Fsp3) is 0.286. The topological polar surface area (TPSA) is 67.6 Å². The van der Waals surface area contributed by atoms with Crippen LogP contribution in [0.25, 0.3) is 11.0 Å². The molecule has 0 fully saturated rings. The van der Waals surface area contributed by atoms with Gasteiger partial charge >= 0.3 is 0 Å². The van der Waals surface area contributed by atoms with E-state index in [2.05, 4.69) is 0 Å². The lowest BCUT2D eigenvalue weighted by molar-refractivity contribution is -0.115. The highest BCUT2D eigenvalue weighted by atomic mass is 35.5. The van der Waals surface area contributed by atoms with E-state index in [0.29, 0.717) is 16.3 Å². The maximum absolute atomic E-state index is 13.2. The predicted molar refractivity (Wildman–Crippen MR) is 109 cm³/mol. The van der Waals surface area contributed by atoms with Crippen molar-refractivity contribution in [2.24, 2.45) is 0 Å². The number of carbonyl (C=O) groups is 1. The van der Waals surface area contributed by atoms with Crippen LogP contribution in [0.4, 0.5) is 5.69 Å². The minimum absolute atomic E-state index is 0.0268. The largest absolute Gasteiger partial charge is 0.461 e. The van der Waals surface area contributed by atoms with Crippen LogP contribution >= 0.6 is 11.6 Å². The molecular weight excluding hydrogens is 398 g/mol. The van der Waals surface area contributed by atoms with Crippen molar-refractivity contribution < 1.29 is 17.6 Å². The summed E-state index contributed by atoms with van der Waals surface area (Å²) in [7, 11) is -4.07. The molecule has 4 rings (SSSR count). The molecule has 0 atom stereocenters. The number of anilines is 1. The average molecular weight is 418 g/mol. The monoisotopic (exact) mass is 417 g/mol. The molecule has 1 aliphatic carbocycles. The van der Waals surface area contributed by atoms with E-state index in [4.69, 9.17) is 16.0 Å². The first-order valence-corrected chi connectivity index (χ1v) is 11.0. The molecule has 0 spiro atoms. The number of nitrogens with zero attached hydrogens (tertiary/aromatic N) is 1. The second kappa shape index (κ2) is 6.94. The van der Waals surface area contributed by atoms with Gasteiger partial charge < -0.3 is 4.42 Å². The first kappa shape index (κ1) is 19.0. The summed E-state index contributed by atoms with van der Waals surface area (Å²) in [6.07, 6.45) is 3.95. The van der Waals surface area contributed by atoms with Gasteiger partial charge in [0.2, 0.25) is 5.91 Å². The number of amides is 1. The van der Waals surface area contributed by atoms with Crippen LogP contribution in [0, 0.1) is 6.92 Å². The third-order valence-corrected chi connectivity index (χ3v) is 7.35. The SMILES string of the molecule is CC(=O)N(c1ccc2oc3c(c2c1)CCCC3)S(=O)(=O)c1ccc(Cl)c(C)c1. The lowest BCUT2D eigenvalue weighted by atomic mass is 9.96. The van der Waals surface area contributed by atoms with Crippen molar-refractivity contribution >= 4 is 44.2 Å². The Balaban J connectivity index is 1.85. The lowest BCUT2D eigenvalue weighted by Gasteiger charge is -2.21. The standard InChI is InChI=1S/C21H20ClNO4S/c1-13-11-16(8-9-19(13)22)28(25,26)23(14(2)24)15-7-10-21-18(12-15)17-5-3-4-6-20(17)27-21/h7-12H,3-6H2,1-2H3.